The normalized spacial score (nSPS) is 9.41. The van der Waals surface area contributed by atoms with E-state index in [1.54, 1.807) is 18.2 Å². The molecule has 1 aromatic carbocycles. The maximum absolute atomic E-state index is 10.8. The minimum Gasteiger partial charge on any atom is -1.00 e. The molecule has 1 N–H and O–H groups in total. The van der Waals surface area contributed by atoms with Crippen LogP contribution < -0.4 is 21.5 Å². The zero-order valence-electron chi connectivity index (χ0n) is 9.08. The van der Waals surface area contributed by atoms with Crippen LogP contribution in [0.25, 0.3) is 0 Å². The van der Waals surface area contributed by atoms with Crippen LogP contribution >= 0.6 is 0 Å². The molecule has 88 valence electrons. The van der Waals surface area contributed by atoms with Gasteiger partial charge in [0.05, 0.1) is 5.56 Å². The van der Waals surface area contributed by atoms with Crippen molar-refractivity contribution in [1.29, 1.82) is 0 Å². The van der Waals surface area contributed by atoms with E-state index in [1.165, 1.54) is 0 Å². The van der Waals surface area contributed by atoms with Gasteiger partial charge in [0, 0.05) is 17.7 Å². The number of nitrogens with zero attached hydrogens (tertiary/aromatic N) is 1. The number of hydrogen-bond acceptors (Lipinski definition) is 1. The van der Waals surface area contributed by atoms with E-state index in [4.69, 9.17) is 5.11 Å². The van der Waals surface area contributed by atoms with E-state index < -0.39 is 5.97 Å². The molecule has 0 aliphatic carbocycles. The summed E-state index contributed by atoms with van der Waals surface area (Å²) in [5.41, 5.74) is 1.31. The Kier molecular flexibility index (Phi) is 4.84. The minimum atomic E-state index is -0.889. The average molecular weight is 294 g/mol. The lowest BCUT2D eigenvalue weighted by Gasteiger charge is -1.99. The Bertz CT molecular complexity index is 500. The van der Waals surface area contributed by atoms with Gasteiger partial charge in [-0.3, -0.25) is 0 Å². The average Bonchev–Trinajstić information content (AvgIpc) is 2.30. The van der Waals surface area contributed by atoms with Gasteiger partial charge in [0.2, 0.25) is 0 Å². The summed E-state index contributed by atoms with van der Waals surface area (Å²) in [6, 6.07) is 12.8. The van der Waals surface area contributed by atoms with E-state index in [2.05, 4.69) is 0 Å². The molecule has 3 nitrogen and oxygen atoms in total. The Labute approximate surface area is 110 Å². The molecule has 17 heavy (non-hydrogen) atoms. The number of carbonyl (C=O) groups is 1. The van der Waals surface area contributed by atoms with Gasteiger partial charge in [0.1, 0.15) is 0 Å². The molecular formula is C13H12BrNO2. The van der Waals surface area contributed by atoms with E-state index in [0.717, 1.165) is 5.56 Å². The third-order valence-electron chi connectivity index (χ3n) is 2.32. The van der Waals surface area contributed by atoms with Gasteiger partial charge in [-0.2, -0.15) is 0 Å². The Morgan fingerprint density at radius 2 is 1.82 bits per heavy atom. The summed E-state index contributed by atoms with van der Waals surface area (Å²) < 4.78 is 2.00. The SMILES string of the molecule is O=C(O)c1cccc(C[n+]2ccccc2)c1.[Br-]. The number of rotatable bonds is 3. The van der Waals surface area contributed by atoms with Gasteiger partial charge in [0.15, 0.2) is 18.9 Å². The first kappa shape index (κ1) is 13.4. The first-order valence-electron chi connectivity index (χ1n) is 5.02. The molecule has 0 amide bonds. The minimum absolute atomic E-state index is 0. The number of carboxylic acids is 1. The highest BCUT2D eigenvalue weighted by Crippen LogP contribution is 2.04. The van der Waals surface area contributed by atoms with Crippen molar-refractivity contribution in [3.05, 3.63) is 66.0 Å². The molecule has 1 aromatic heterocycles. The van der Waals surface area contributed by atoms with Crippen molar-refractivity contribution in [2.75, 3.05) is 0 Å². The monoisotopic (exact) mass is 293 g/mol. The molecule has 0 spiro atoms. The fourth-order valence-corrected chi connectivity index (χ4v) is 1.55. The van der Waals surface area contributed by atoms with Crippen molar-refractivity contribution in [2.24, 2.45) is 0 Å². The Morgan fingerprint density at radius 1 is 1.12 bits per heavy atom. The van der Waals surface area contributed by atoms with Crippen LogP contribution in [0.4, 0.5) is 0 Å². The molecule has 2 rings (SSSR count). The predicted octanol–water partition coefficient (Wildman–Crippen LogP) is -1.28. The van der Waals surface area contributed by atoms with Crippen LogP contribution in [0.1, 0.15) is 15.9 Å². The molecule has 0 saturated carbocycles. The van der Waals surface area contributed by atoms with Gasteiger partial charge in [-0.1, -0.05) is 18.2 Å². The maximum atomic E-state index is 10.8. The maximum Gasteiger partial charge on any atom is 0.335 e. The van der Waals surface area contributed by atoms with Gasteiger partial charge in [0.25, 0.3) is 0 Å². The molecule has 4 heteroatoms. The molecule has 0 bridgehead atoms. The quantitative estimate of drug-likeness (QED) is 0.717. The second-order valence-electron chi connectivity index (χ2n) is 3.55. The summed E-state index contributed by atoms with van der Waals surface area (Å²) in [4.78, 5) is 10.8. The Morgan fingerprint density at radius 3 is 2.47 bits per heavy atom. The summed E-state index contributed by atoms with van der Waals surface area (Å²) in [6.45, 7) is 0.682. The molecular weight excluding hydrogens is 282 g/mol. The van der Waals surface area contributed by atoms with Gasteiger partial charge in [-0.15, -0.1) is 0 Å². The Balaban J connectivity index is 0.00000144. The summed E-state index contributed by atoms with van der Waals surface area (Å²) in [7, 11) is 0. The van der Waals surface area contributed by atoms with Crippen LogP contribution in [0.15, 0.2) is 54.9 Å². The van der Waals surface area contributed by atoms with Crippen LogP contribution in [0.3, 0.4) is 0 Å². The van der Waals surface area contributed by atoms with Crippen LogP contribution in [0.5, 0.6) is 0 Å². The van der Waals surface area contributed by atoms with Crippen molar-refractivity contribution >= 4 is 5.97 Å². The van der Waals surface area contributed by atoms with Crippen molar-refractivity contribution < 1.29 is 31.4 Å². The van der Waals surface area contributed by atoms with Gasteiger partial charge < -0.3 is 22.1 Å². The molecule has 0 fully saturated rings. The van der Waals surface area contributed by atoms with E-state index in [0.29, 0.717) is 12.1 Å². The first-order chi connectivity index (χ1) is 7.75. The molecule has 0 unspecified atom stereocenters. The second kappa shape index (κ2) is 6.15. The number of hydrogen-bond donors (Lipinski definition) is 1. The zero-order valence-corrected chi connectivity index (χ0v) is 10.7. The van der Waals surface area contributed by atoms with Crippen molar-refractivity contribution in [3.8, 4) is 0 Å². The number of halogens is 1. The standard InChI is InChI=1S/C13H11NO2.BrH/c15-13(16)12-6-4-5-11(9-12)10-14-7-2-1-3-8-14;/h1-9H,10H2;1H. The Hall–Kier alpha value is -1.68. The summed E-state index contributed by atoms with van der Waals surface area (Å²) in [6.07, 6.45) is 3.90. The first-order valence-corrected chi connectivity index (χ1v) is 5.02. The summed E-state index contributed by atoms with van der Waals surface area (Å²) in [5, 5.41) is 8.87. The third-order valence-corrected chi connectivity index (χ3v) is 2.32. The van der Waals surface area contributed by atoms with Gasteiger partial charge >= 0.3 is 5.97 Å². The van der Waals surface area contributed by atoms with Crippen LogP contribution in [0, 0.1) is 0 Å². The van der Waals surface area contributed by atoms with E-state index in [-0.39, 0.29) is 17.0 Å². The summed E-state index contributed by atoms with van der Waals surface area (Å²) >= 11 is 0. The predicted molar refractivity (Wildman–Crippen MR) is 59.1 cm³/mol. The molecule has 0 aliphatic heterocycles. The number of benzene rings is 1. The van der Waals surface area contributed by atoms with Crippen molar-refractivity contribution in [3.63, 3.8) is 0 Å². The third kappa shape index (κ3) is 3.67. The molecule has 1 heterocycles. The molecule has 0 aliphatic rings. The van der Waals surface area contributed by atoms with Crippen molar-refractivity contribution in [1.82, 2.24) is 0 Å². The lowest BCUT2D eigenvalue weighted by molar-refractivity contribution is -0.688. The highest BCUT2D eigenvalue weighted by atomic mass is 79.9. The lowest BCUT2D eigenvalue weighted by atomic mass is 10.1. The van der Waals surface area contributed by atoms with E-state index in [9.17, 15) is 4.79 Å². The van der Waals surface area contributed by atoms with Crippen LogP contribution in [-0.4, -0.2) is 11.1 Å². The van der Waals surface area contributed by atoms with Crippen LogP contribution in [0.2, 0.25) is 0 Å². The number of aromatic carboxylic acids is 1. The highest BCUT2D eigenvalue weighted by molar-refractivity contribution is 5.87. The second-order valence-corrected chi connectivity index (χ2v) is 3.55. The summed E-state index contributed by atoms with van der Waals surface area (Å²) in [5.74, 6) is -0.889. The van der Waals surface area contributed by atoms with Gasteiger partial charge in [-0.25, -0.2) is 9.36 Å². The van der Waals surface area contributed by atoms with Crippen molar-refractivity contribution in [2.45, 2.75) is 6.54 Å². The molecule has 0 radical (unpaired) electrons. The fraction of sp³-hybridized carbons (Fsp3) is 0.0769. The van der Waals surface area contributed by atoms with Gasteiger partial charge in [-0.05, 0) is 12.1 Å². The number of aromatic nitrogens is 1. The number of pyridine rings is 1. The smallest absolute Gasteiger partial charge is 0.335 e. The lowest BCUT2D eigenvalue weighted by Crippen LogP contribution is -3.00. The molecule has 0 saturated heterocycles. The van der Waals surface area contributed by atoms with E-state index in [1.807, 2.05) is 41.2 Å². The highest BCUT2D eigenvalue weighted by Gasteiger charge is 2.06. The molecule has 0 atom stereocenters. The topological polar surface area (TPSA) is 41.2 Å². The largest absolute Gasteiger partial charge is 1.00 e. The molecule has 2 aromatic rings. The number of carboxylic acid groups (broad SMARTS) is 1. The fourth-order valence-electron chi connectivity index (χ4n) is 1.55. The van der Waals surface area contributed by atoms with E-state index >= 15 is 0 Å². The zero-order chi connectivity index (χ0) is 11.4. The van der Waals surface area contributed by atoms with Crippen LogP contribution in [-0.2, 0) is 6.54 Å².